The lowest BCUT2D eigenvalue weighted by Crippen LogP contribution is -2.38. The van der Waals surface area contributed by atoms with E-state index in [2.05, 4.69) is 16.0 Å². The van der Waals surface area contributed by atoms with E-state index < -0.39 is 10.0 Å². The minimum Gasteiger partial charge on any atom is -0.299 e. The summed E-state index contributed by atoms with van der Waals surface area (Å²) in [5, 5.41) is -0.308. The van der Waals surface area contributed by atoms with Gasteiger partial charge in [0.2, 0.25) is 10.0 Å². The van der Waals surface area contributed by atoms with Gasteiger partial charge in [-0.2, -0.15) is 0 Å². The van der Waals surface area contributed by atoms with Crippen molar-refractivity contribution in [2.24, 2.45) is 11.8 Å². The van der Waals surface area contributed by atoms with Gasteiger partial charge in [0.25, 0.3) is 0 Å². The molecular formula is C18H29N3O2S. The number of hydrogen-bond donors (Lipinski definition) is 0. The van der Waals surface area contributed by atoms with Crippen LogP contribution in [0.4, 0.5) is 0 Å². The third-order valence-electron chi connectivity index (χ3n) is 5.57. The van der Waals surface area contributed by atoms with E-state index in [9.17, 15) is 8.42 Å². The Morgan fingerprint density at radius 1 is 1.17 bits per heavy atom. The second kappa shape index (κ2) is 7.50. The van der Waals surface area contributed by atoms with E-state index in [4.69, 9.17) is 0 Å². The first-order chi connectivity index (χ1) is 11.5. The Morgan fingerprint density at radius 3 is 2.50 bits per heavy atom. The molecule has 0 aliphatic carbocycles. The standard InChI is InChI=1S/C18H29N3O2S/c1-15(2)24(22,23)21-11-7-18(14-21)17-5-9-20(10-6-17)13-16-4-3-8-19-12-16/h3-4,8,12,15,17-18H,5-7,9-11,13-14H2,1-2H3. The fraction of sp³-hybridized carbons (Fsp3) is 0.722. The van der Waals surface area contributed by atoms with Gasteiger partial charge in [0.1, 0.15) is 0 Å². The van der Waals surface area contributed by atoms with Gasteiger partial charge in [-0.1, -0.05) is 6.07 Å². The van der Waals surface area contributed by atoms with Crippen molar-refractivity contribution in [1.82, 2.24) is 14.2 Å². The fourth-order valence-corrected chi connectivity index (χ4v) is 5.36. The largest absolute Gasteiger partial charge is 0.299 e. The predicted octanol–water partition coefficient (Wildman–Crippen LogP) is 2.35. The SMILES string of the molecule is CC(C)S(=O)(=O)N1CCC(C2CCN(Cc3cccnc3)CC2)C1. The van der Waals surface area contributed by atoms with Crippen LogP contribution >= 0.6 is 0 Å². The maximum atomic E-state index is 12.3. The Labute approximate surface area is 146 Å². The van der Waals surface area contributed by atoms with Crippen molar-refractivity contribution in [2.45, 2.75) is 44.9 Å². The summed E-state index contributed by atoms with van der Waals surface area (Å²) in [6.07, 6.45) is 7.14. The topological polar surface area (TPSA) is 53.5 Å². The number of likely N-dealkylation sites (tertiary alicyclic amines) is 1. The summed E-state index contributed by atoms with van der Waals surface area (Å²) < 4.78 is 26.4. The Morgan fingerprint density at radius 2 is 1.88 bits per heavy atom. The second-order valence-electron chi connectivity index (χ2n) is 7.48. The highest BCUT2D eigenvalue weighted by molar-refractivity contribution is 7.89. The van der Waals surface area contributed by atoms with Crippen LogP contribution in [0.2, 0.25) is 0 Å². The average molecular weight is 352 g/mol. The molecule has 0 saturated carbocycles. The van der Waals surface area contributed by atoms with Crippen molar-refractivity contribution in [3.63, 3.8) is 0 Å². The summed E-state index contributed by atoms with van der Waals surface area (Å²) in [7, 11) is -3.08. The summed E-state index contributed by atoms with van der Waals surface area (Å²) in [6.45, 7) is 8.17. The van der Waals surface area contributed by atoms with E-state index in [-0.39, 0.29) is 5.25 Å². The first kappa shape index (κ1) is 17.8. The molecule has 1 unspecified atom stereocenters. The Balaban J connectivity index is 1.49. The summed E-state index contributed by atoms with van der Waals surface area (Å²) >= 11 is 0. The molecule has 0 N–H and O–H groups in total. The molecule has 134 valence electrons. The van der Waals surface area contributed by atoms with Gasteiger partial charge in [-0.05, 0) is 69.7 Å². The summed E-state index contributed by atoms with van der Waals surface area (Å²) in [6, 6.07) is 4.12. The van der Waals surface area contributed by atoms with Gasteiger partial charge >= 0.3 is 0 Å². The number of pyridine rings is 1. The van der Waals surface area contributed by atoms with E-state index >= 15 is 0 Å². The van der Waals surface area contributed by atoms with Crippen LogP contribution < -0.4 is 0 Å². The number of hydrogen-bond acceptors (Lipinski definition) is 4. The Hall–Kier alpha value is -0.980. The third kappa shape index (κ3) is 3.98. The second-order valence-corrected chi connectivity index (χ2v) is 9.96. The summed E-state index contributed by atoms with van der Waals surface area (Å²) in [5.41, 5.74) is 1.27. The number of sulfonamides is 1. The minimum absolute atomic E-state index is 0.308. The zero-order valence-corrected chi connectivity index (χ0v) is 15.6. The predicted molar refractivity (Wildman–Crippen MR) is 96.0 cm³/mol. The van der Waals surface area contributed by atoms with Crippen LogP contribution in [0.15, 0.2) is 24.5 Å². The lowest BCUT2D eigenvalue weighted by Gasteiger charge is -2.34. The van der Waals surface area contributed by atoms with E-state index in [1.165, 1.54) is 18.4 Å². The van der Waals surface area contributed by atoms with E-state index in [1.807, 2.05) is 18.5 Å². The van der Waals surface area contributed by atoms with Crippen LogP contribution in [-0.4, -0.2) is 54.0 Å². The third-order valence-corrected chi connectivity index (χ3v) is 7.81. The smallest absolute Gasteiger partial charge is 0.216 e. The lowest BCUT2D eigenvalue weighted by atomic mass is 9.84. The van der Waals surface area contributed by atoms with Gasteiger partial charge in [-0.15, -0.1) is 0 Å². The van der Waals surface area contributed by atoms with E-state index in [0.717, 1.165) is 32.6 Å². The van der Waals surface area contributed by atoms with Crippen LogP contribution in [0.25, 0.3) is 0 Å². The summed E-state index contributed by atoms with van der Waals surface area (Å²) in [5.74, 6) is 1.21. The highest BCUT2D eigenvalue weighted by Gasteiger charge is 2.37. The zero-order valence-electron chi connectivity index (χ0n) is 14.8. The normalized spacial score (nSPS) is 24.7. The van der Waals surface area contributed by atoms with Crippen molar-refractivity contribution >= 4 is 10.0 Å². The maximum absolute atomic E-state index is 12.3. The molecule has 5 nitrogen and oxygen atoms in total. The molecule has 1 aromatic rings. The van der Waals surface area contributed by atoms with Crippen LogP contribution in [0.5, 0.6) is 0 Å². The van der Waals surface area contributed by atoms with Gasteiger partial charge in [0, 0.05) is 32.0 Å². The van der Waals surface area contributed by atoms with Gasteiger partial charge in [-0.25, -0.2) is 12.7 Å². The molecule has 24 heavy (non-hydrogen) atoms. The number of nitrogens with zero attached hydrogens (tertiary/aromatic N) is 3. The number of aromatic nitrogens is 1. The molecule has 3 rings (SSSR count). The highest BCUT2D eigenvalue weighted by Crippen LogP contribution is 2.33. The van der Waals surface area contributed by atoms with Gasteiger partial charge < -0.3 is 0 Å². The maximum Gasteiger partial charge on any atom is 0.216 e. The molecule has 0 amide bonds. The van der Waals surface area contributed by atoms with Gasteiger partial charge in [0.05, 0.1) is 5.25 Å². The van der Waals surface area contributed by atoms with Crippen LogP contribution in [-0.2, 0) is 16.6 Å². The van der Waals surface area contributed by atoms with Crippen molar-refractivity contribution in [2.75, 3.05) is 26.2 Å². The molecule has 2 aliphatic rings. The van der Waals surface area contributed by atoms with Gasteiger partial charge in [-0.3, -0.25) is 9.88 Å². The Kier molecular flexibility index (Phi) is 5.57. The zero-order chi connectivity index (χ0) is 17.2. The minimum atomic E-state index is -3.08. The van der Waals surface area contributed by atoms with E-state index in [0.29, 0.717) is 18.4 Å². The first-order valence-electron chi connectivity index (χ1n) is 9.07. The van der Waals surface area contributed by atoms with Crippen molar-refractivity contribution in [3.8, 4) is 0 Å². The Bertz CT molecular complexity index is 625. The lowest BCUT2D eigenvalue weighted by molar-refractivity contribution is 0.144. The molecule has 2 fully saturated rings. The van der Waals surface area contributed by atoms with Crippen LogP contribution in [0.3, 0.4) is 0 Å². The highest BCUT2D eigenvalue weighted by atomic mass is 32.2. The molecule has 0 aromatic carbocycles. The molecule has 1 aromatic heterocycles. The number of piperidine rings is 1. The van der Waals surface area contributed by atoms with Gasteiger partial charge in [0.15, 0.2) is 0 Å². The van der Waals surface area contributed by atoms with Crippen molar-refractivity contribution < 1.29 is 8.42 Å². The molecule has 3 heterocycles. The monoisotopic (exact) mass is 351 g/mol. The molecule has 2 saturated heterocycles. The molecule has 0 radical (unpaired) electrons. The van der Waals surface area contributed by atoms with E-state index in [1.54, 1.807) is 18.2 Å². The number of rotatable bonds is 5. The summed E-state index contributed by atoms with van der Waals surface area (Å²) in [4.78, 5) is 6.68. The first-order valence-corrected chi connectivity index (χ1v) is 10.6. The fourth-order valence-electron chi connectivity index (χ4n) is 4.00. The van der Waals surface area contributed by atoms with Crippen LogP contribution in [0.1, 0.15) is 38.7 Å². The van der Waals surface area contributed by atoms with Crippen LogP contribution in [0, 0.1) is 11.8 Å². The molecular weight excluding hydrogens is 322 g/mol. The molecule has 1 atom stereocenters. The molecule has 0 bridgehead atoms. The van der Waals surface area contributed by atoms with Crippen molar-refractivity contribution in [3.05, 3.63) is 30.1 Å². The molecule has 0 spiro atoms. The molecule has 2 aliphatic heterocycles. The average Bonchev–Trinajstić information content (AvgIpc) is 3.07. The quantitative estimate of drug-likeness (QED) is 0.817. The molecule has 6 heteroatoms. The van der Waals surface area contributed by atoms with Crippen molar-refractivity contribution in [1.29, 1.82) is 0 Å².